The number of benzene rings is 1. The second-order valence-electron chi connectivity index (χ2n) is 6.98. The molecule has 28 heavy (non-hydrogen) atoms. The van der Waals surface area contributed by atoms with Crippen LogP contribution in [-0.2, 0) is 20.6 Å². The van der Waals surface area contributed by atoms with Crippen molar-refractivity contribution >= 4 is 16.9 Å². The van der Waals surface area contributed by atoms with E-state index in [-0.39, 0.29) is 23.0 Å². The van der Waals surface area contributed by atoms with Crippen molar-refractivity contribution in [2.75, 3.05) is 0 Å². The van der Waals surface area contributed by atoms with Crippen LogP contribution < -0.4 is 11.2 Å². The standard InChI is InChI=1S/C21H24N4O3/c1-5-14(2)25(13-15-9-7-6-8-10-15)19(26)16-11-17-18(22-12-16)23(3)21(28)24(4)20(17)27/h6-12,14H,5,13H2,1-4H3. The number of pyridine rings is 1. The fourth-order valence-corrected chi connectivity index (χ4v) is 3.18. The second-order valence-corrected chi connectivity index (χ2v) is 6.98. The Bertz CT molecular complexity index is 1130. The van der Waals surface area contributed by atoms with Crippen LogP contribution in [0, 0.1) is 0 Å². The first-order valence-electron chi connectivity index (χ1n) is 9.25. The van der Waals surface area contributed by atoms with Crippen molar-refractivity contribution in [1.29, 1.82) is 0 Å². The molecule has 0 aliphatic heterocycles. The fraction of sp³-hybridized carbons (Fsp3) is 0.333. The van der Waals surface area contributed by atoms with Crippen LogP contribution in [0.1, 0.15) is 36.2 Å². The highest BCUT2D eigenvalue weighted by Gasteiger charge is 2.22. The maximum atomic E-state index is 13.2. The molecule has 1 aromatic carbocycles. The number of aromatic nitrogens is 3. The van der Waals surface area contributed by atoms with E-state index in [2.05, 4.69) is 4.98 Å². The van der Waals surface area contributed by atoms with Crippen molar-refractivity contribution in [3.8, 4) is 0 Å². The minimum atomic E-state index is -0.460. The number of nitrogens with zero attached hydrogens (tertiary/aromatic N) is 4. The number of hydrogen-bond acceptors (Lipinski definition) is 4. The zero-order valence-corrected chi connectivity index (χ0v) is 16.5. The van der Waals surface area contributed by atoms with Gasteiger partial charge >= 0.3 is 5.69 Å². The first-order chi connectivity index (χ1) is 13.3. The van der Waals surface area contributed by atoms with E-state index in [0.717, 1.165) is 16.6 Å². The Labute approximate surface area is 162 Å². The minimum Gasteiger partial charge on any atom is -0.332 e. The van der Waals surface area contributed by atoms with E-state index >= 15 is 0 Å². The smallest absolute Gasteiger partial charge is 0.332 e. The van der Waals surface area contributed by atoms with Crippen LogP contribution in [0.15, 0.2) is 52.2 Å². The van der Waals surface area contributed by atoms with Gasteiger partial charge in [0.05, 0.1) is 10.9 Å². The Morgan fingerprint density at radius 2 is 1.82 bits per heavy atom. The van der Waals surface area contributed by atoms with Crippen molar-refractivity contribution in [2.45, 2.75) is 32.9 Å². The molecule has 3 rings (SSSR count). The van der Waals surface area contributed by atoms with Gasteiger partial charge in [-0.3, -0.25) is 18.7 Å². The lowest BCUT2D eigenvalue weighted by molar-refractivity contribution is 0.0671. The summed E-state index contributed by atoms with van der Waals surface area (Å²) in [5.74, 6) is -0.191. The molecule has 0 saturated carbocycles. The first-order valence-corrected chi connectivity index (χ1v) is 9.25. The highest BCUT2D eigenvalue weighted by atomic mass is 16.2. The number of carbonyl (C=O) groups is 1. The molecule has 7 nitrogen and oxygen atoms in total. The Morgan fingerprint density at radius 3 is 2.46 bits per heavy atom. The van der Waals surface area contributed by atoms with Gasteiger partial charge in [0.2, 0.25) is 0 Å². The predicted molar refractivity (Wildman–Crippen MR) is 108 cm³/mol. The van der Waals surface area contributed by atoms with Gasteiger partial charge in [-0.05, 0) is 25.0 Å². The average Bonchev–Trinajstić information content (AvgIpc) is 2.73. The fourth-order valence-electron chi connectivity index (χ4n) is 3.18. The molecule has 0 fully saturated rings. The van der Waals surface area contributed by atoms with Crippen LogP contribution >= 0.6 is 0 Å². The first kappa shape index (κ1) is 19.5. The molecule has 1 amide bonds. The van der Waals surface area contributed by atoms with Crippen molar-refractivity contribution in [3.05, 3.63) is 74.6 Å². The lowest BCUT2D eigenvalue weighted by atomic mass is 10.1. The Kier molecular flexibility index (Phi) is 5.44. The lowest BCUT2D eigenvalue weighted by Crippen LogP contribution is -2.39. The molecular weight excluding hydrogens is 356 g/mol. The molecule has 0 radical (unpaired) electrons. The van der Waals surface area contributed by atoms with E-state index in [0.29, 0.717) is 12.1 Å². The number of fused-ring (bicyclic) bond motifs is 1. The molecule has 3 aromatic rings. The number of aryl methyl sites for hydroxylation is 1. The summed E-state index contributed by atoms with van der Waals surface area (Å²) in [6.45, 7) is 4.50. The normalized spacial score (nSPS) is 12.1. The predicted octanol–water partition coefficient (Wildman–Crippen LogP) is 2.07. The van der Waals surface area contributed by atoms with Gasteiger partial charge in [0.15, 0.2) is 0 Å². The van der Waals surface area contributed by atoms with Crippen LogP contribution in [0.2, 0.25) is 0 Å². The van der Waals surface area contributed by atoms with Gasteiger partial charge in [0, 0.05) is 32.9 Å². The largest absolute Gasteiger partial charge is 0.332 e. The molecule has 7 heteroatoms. The van der Waals surface area contributed by atoms with Crippen LogP contribution in [0.5, 0.6) is 0 Å². The Morgan fingerprint density at radius 1 is 1.14 bits per heavy atom. The zero-order valence-electron chi connectivity index (χ0n) is 16.5. The highest BCUT2D eigenvalue weighted by Crippen LogP contribution is 2.16. The SMILES string of the molecule is CCC(C)N(Cc1ccccc1)C(=O)c1cnc2c(c1)c(=O)n(C)c(=O)n2C. The zero-order chi connectivity index (χ0) is 20.4. The van der Waals surface area contributed by atoms with Crippen LogP contribution in [-0.4, -0.2) is 31.0 Å². The summed E-state index contributed by atoms with van der Waals surface area (Å²) in [6.07, 6.45) is 2.24. The van der Waals surface area contributed by atoms with Crippen molar-refractivity contribution < 1.29 is 4.79 Å². The maximum Gasteiger partial charge on any atom is 0.332 e. The third-order valence-electron chi connectivity index (χ3n) is 5.12. The molecule has 2 heterocycles. The van der Waals surface area contributed by atoms with Crippen molar-refractivity contribution in [2.24, 2.45) is 14.1 Å². The van der Waals surface area contributed by atoms with E-state index < -0.39 is 11.2 Å². The lowest BCUT2D eigenvalue weighted by Gasteiger charge is -2.29. The highest BCUT2D eigenvalue weighted by molar-refractivity contribution is 5.96. The maximum absolute atomic E-state index is 13.2. The number of amides is 1. The van der Waals surface area contributed by atoms with Crippen molar-refractivity contribution in [1.82, 2.24) is 19.0 Å². The van der Waals surface area contributed by atoms with Gasteiger partial charge < -0.3 is 4.90 Å². The molecular formula is C21H24N4O3. The molecule has 0 spiro atoms. The summed E-state index contributed by atoms with van der Waals surface area (Å²) in [6, 6.07) is 11.3. The summed E-state index contributed by atoms with van der Waals surface area (Å²) >= 11 is 0. The molecule has 0 aliphatic rings. The van der Waals surface area contributed by atoms with E-state index in [4.69, 9.17) is 0 Å². The Balaban J connectivity index is 2.07. The van der Waals surface area contributed by atoms with Gasteiger partial charge in [-0.25, -0.2) is 9.78 Å². The van der Waals surface area contributed by atoms with Gasteiger partial charge in [0.1, 0.15) is 5.65 Å². The number of hydrogen-bond donors (Lipinski definition) is 0. The number of rotatable bonds is 5. The number of carbonyl (C=O) groups excluding carboxylic acids is 1. The van der Waals surface area contributed by atoms with Crippen LogP contribution in [0.3, 0.4) is 0 Å². The molecule has 0 bridgehead atoms. The monoisotopic (exact) mass is 380 g/mol. The summed E-state index contributed by atoms with van der Waals surface area (Å²) in [5, 5.41) is 0.249. The summed E-state index contributed by atoms with van der Waals surface area (Å²) in [5.41, 5.74) is 0.721. The molecule has 0 saturated heterocycles. The molecule has 146 valence electrons. The molecule has 0 N–H and O–H groups in total. The van der Waals surface area contributed by atoms with Gasteiger partial charge in [-0.1, -0.05) is 37.3 Å². The Hall–Kier alpha value is -3.22. The van der Waals surface area contributed by atoms with Crippen LogP contribution in [0.25, 0.3) is 11.0 Å². The van der Waals surface area contributed by atoms with Crippen molar-refractivity contribution in [3.63, 3.8) is 0 Å². The second kappa shape index (κ2) is 7.80. The topological polar surface area (TPSA) is 77.2 Å². The third-order valence-corrected chi connectivity index (χ3v) is 5.12. The summed E-state index contributed by atoms with van der Waals surface area (Å²) < 4.78 is 2.33. The van der Waals surface area contributed by atoms with E-state index in [1.165, 1.54) is 23.9 Å². The molecule has 1 unspecified atom stereocenters. The summed E-state index contributed by atoms with van der Waals surface area (Å²) in [7, 11) is 2.97. The van der Waals surface area contributed by atoms with Crippen LogP contribution in [0.4, 0.5) is 0 Å². The molecule has 2 aromatic heterocycles. The molecule has 1 atom stereocenters. The van der Waals surface area contributed by atoms with Gasteiger partial charge in [-0.15, -0.1) is 0 Å². The van der Waals surface area contributed by atoms with Gasteiger partial charge in [0.25, 0.3) is 11.5 Å². The average molecular weight is 380 g/mol. The molecule has 0 aliphatic carbocycles. The quantitative estimate of drug-likeness (QED) is 0.679. The van der Waals surface area contributed by atoms with E-state index in [1.807, 2.05) is 44.2 Å². The summed E-state index contributed by atoms with van der Waals surface area (Å²) in [4.78, 5) is 43.9. The van der Waals surface area contributed by atoms with E-state index in [9.17, 15) is 14.4 Å². The minimum absolute atomic E-state index is 0.0198. The van der Waals surface area contributed by atoms with Gasteiger partial charge in [-0.2, -0.15) is 0 Å². The van der Waals surface area contributed by atoms with E-state index in [1.54, 1.807) is 11.9 Å². The third kappa shape index (κ3) is 3.47.